The van der Waals surface area contributed by atoms with Gasteiger partial charge < -0.3 is 15.6 Å². The molecule has 0 bridgehead atoms. The number of nitrogens with one attached hydrogen (secondary N) is 1. The average Bonchev–Trinajstić information content (AvgIpc) is 2.84. The van der Waals surface area contributed by atoms with Gasteiger partial charge in [-0.3, -0.25) is 9.59 Å². The van der Waals surface area contributed by atoms with E-state index in [4.69, 9.17) is 5.73 Å². The van der Waals surface area contributed by atoms with Gasteiger partial charge in [-0.15, -0.1) is 12.4 Å². The van der Waals surface area contributed by atoms with Crippen LogP contribution in [0.1, 0.15) is 40.9 Å². The minimum absolute atomic E-state index is 0. The second-order valence-electron chi connectivity index (χ2n) is 5.52. The maximum absolute atomic E-state index is 12.3. The number of nitrogens with two attached hydrogens (primary N) is 1. The SMILES string of the molecule is Cl.N[C@@H]1CCN(C(=O)c2cc3c([nH]c2=O)CCCC3)C1. The Hall–Kier alpha value is -1.33. The van der Waals surface area contributed by atoms with Crippen molar-refractivity contribution in [1.82, 2.24) is 9.88 Å². The van der Waals surface area contributed by atoms with Gasteiger partial charge in [0.25, 0.3) is 11.5 Å². The van der Waals surface area contributed by atoms with E-state index < -0.39 is 0 Å². The number of hydrogen-bond acceptors (Lipinski definition) is 3. The van der Waals surface area contributed by atoms with Crippen molar-refractivity contribution in [2.45, 2.75) is 38.1 Å². The number of aryl methyl sites for hydroxylation is 2. The van der Waals surface area contributed by atoms with E-state index in [0.29, 0.717) is 13.1 Å². The van der Waals surface area contributed by atoms with Crippen LogP contribution in [0.2, 0.25) is 0 Å². The number of amides is 1. The van der Waals surface area contributed by atoms with Crippen molar-refractivity contribution in [3.63, 3.8) is 0 Å². The number of H-pyrrole nitrogens is 1. The molecule has 1 aliphatic carbocycles. The van der Waals surface area contributed by atoms with E-state index in [0.717, 1.165) is 43.4 Å². The number of aromatic amines is 1. The molecule has 0 aromatic carbocycles. The third-order valence-electron chi connectivity index (χ3n) is 4.08. The number of aromatic nitrogens is 1. The molecule has 3 N–H and O–H groups in total. The fraction of sp³-hybridized carbons (Fsp3) is 0.571. The summed E-state index contributed by atoms with van der Waals surface area (Å²) in [7, 11) is 0. The first-order valence-electron chi connectivity index (χ1n) is 6.95. The molecule has 0 spiro atoms. The summed E-state index contributed by atoms with van der Waals surface area (Å²) in [5.74, 6) is -0.178. The van der Waals surface area contributed by atoms with Gasteiger partial charge >= 0.3 is 0 Å². The molecule has 0 unspecified atom stereocenters. The molecule has 3 rings (SSSR count). The molecule has 6 heteroatoms. The fourth-order valence-corrected chi connectivity index (χ4v) is 2.98. The van der Waals surface area contributed by atoms with Crippen LogP contribution in [0.25, 0.3) is 0 Å². The smallest absolute Gasteiger partial charge is 0.261 e. The lowest BCUT2D eigenvalue weighted by molar-refractivity contribution is 0.0789. The molecule has 1 amide bonds. The second kappa shape index (κ2) is 5.97. The van der Waals surface area contributed by atoms with Crippen LogP contribution in [-0.4, -0.2) is 34.9 Å². The normalized spacial score (nSPS) is 21.2. The number of carbonyl (C=O) groups is 1. The van der Waals surface area contributed by atoms with Gasteiger partial charge in [-0.05, 0) is 43.7 Å². The largest absolute Gasteiger partial charge is 0.337 e. The first-order chi connectivity index (χ1) is 9.15. The van der Waals surface area contributed by atoms with Gasteiger partial charge in [0, 0.05) is 24.8 Å². The van der Waals surface area contributed by atoms with Crippen molar-refractivity contribution in [2.24, 2.45) is 5.73 Å². The van der Waals surface area contributed by atoms with Crippen molar-refractivity contribution in [2.75, 3.05) is 13.1 Å². The number of pyridine rings is 1. The van der Waals surface area contributed by atoms with Gasteiger partial charge in [0.1, 0.15) is 5.56 Å². The van der Waals surface area contributed by atoms with Gasteiger partial charge in [0.15, 0.2) is 0 Å². The van der Waals surface area contributed by atoms with Crippen LogP contribution in [0.5, 0.6) is 0 Å². The van der Waals surface area contributed by atoms with E-state index in [1.54, 1.807) is 11.0 Å². The van der Waals surface area contributed by atoms with E-state index >= 15 is 0 Å². The maximum atomic E-state index is 12.3. The molecule has 20 heavy (non-hydrogen) atoms. The predicted octanol–water partition coefficient (Wildman–Crippen LogP) is 0.849. The molecule has 1 atom stereocenters. The number of halogens is 1. The van der Waals surface area contributed by atoms with Gasteiger partial charge in [-0.25, -0.2) is 0 Å². The Labute approximate surface area is 123 Å². The molecule has 1 aliphatic heterocycles. The topological polar surface area (TPSA) is 79.2 Å². The minimum Gasteiger partial charge on any atom is -0.337 e. The highest BCUT2D eigenvalue weighted by atomic mass is 35.5. The molecule has 1 aromatic heterocycles. The van der Waals surface area contributed by atoms with Crippen LogP contribution in [0.4, 0.5) is 0 Å². The van der Waals surface area contributed by atoms with E-state index in [1.807, 2.05) is 0 Å². The van der Waals surface area contributed by atoms with Crippen molar-refractivity contribution in [3.05, 3.63) is 33.2 Å². The highest BCUT2D eigenvalue weighted by Gasteiger charge is 2.27. The minimum atomic E-state index is -0.258. The van der Waals surface area contributed by atoms with Crippen molar-refractivity contribution >= 4 is 18.3 Å². The van der Waals surface area contributed by atoms with Gasteiger partial charge in [-0.1, -0.05) is 0 Å². The van der Waals surface area contributed by atoms with Crippen LogP contribution >= 0.6 is 12.4 Å². The standard InChI is InChI=1S/C14H19N3O2.ClH/c15-10-5-6-17(8-10)14(19)11-7-9-3-1-2-4-12(9)16-13(11)18;/h7,10H,1-6,8,15H2,(H,16,18);1H/t10-;/m1./s1. The monoisotopic (exact) mass is 297 g/mol. The van der Waals surface area contributed by atoms with Gasteiger partial charge in [0.05, 0.1) is 0 Å². The quantitative estimate of drug-likeness (QED) is 0.806. The van der Waals surface area contributed by atoms with E-state index in [9.17, 15) is 9.59 Å². The van der Waals surface area contributed by atoms with Gasteiger partial charge in [-0.2, -0.15) is 0 Å². The molecular formula is C14H20ClN3O2. The molecule has 1 saturated heterocycles. The zero-order valence-corrected chi connectivity index (χ0v) is 12.2. The molecule has 2 heterocycles. The highest BCUT2D eigenvalue weighted by molar-refractivity contribution is 5.94. The zero-order chi connectivity index (χ0) is 13.4. The number of hydrogen-bond donors (Lipinski definition) is 2. The number of likely N-dealkylation sites (tertiary alicyclic amines) is 1. The van der Waals surface area contributed by atoms with Crippen LogP contribution in [-0.2, 0) is 12.8 Å². The molecule has 110 valence electrons. The zero-order valence-electron chi connectivity index (χ0n) is 11.4. The Balaban J connectivity index is 0.00000147. The van der Waals surface area contributed by atoms with Crippen LogP contribution in [0, 0.1) is 0 Å². The van der Waals surface area contributed by atoms with Crippen LogP contribution in [0.3, 0.4) is 0 Å². The van der Waals surface area contributed by atoms with E-state index in [2.05, 4.69) is 4.98 Å². The highest BCUT2D eigenvalue weighted by Crippen LogP contribution is 2.19. The summed E-state index contributed by atoms with van der Waals surface area (Å²) in [5, 5.41) is 0. The predicted molar refractivity (Wildman–Crippen MR) is 79.4 cm³/mol. The number of fused-ring (bicyclic) bond motifs is 1. The average molecular weight is 298 g/mol. The number of carbonyl (C=O) groups excluding carboxylic acids is 1. The van der Waals surface area contributed by atoms with Crippen molar-refractivity contribution in [3.8, 4) is 0 Å². The first kappa shape index (κ1) is 15.1. The van der Waals surface area contributed by atoms with Gasteiger partial charge in [0.2, 0.25) is 0 Å². The molecule has 5 nitrogen and oxygen atoms in total. The summed E-state index contributed by atoms with van der Waals surface area (Å²) in [6.45, 7) is 1.20. The summed E-state index contributed by atoms with van der Waals surface area (Å²) in [6, 6.07) is 1.83. The maximum Gasteiger partial charge on any atom is 0.261 e. The summed E-state index contributed by atoms with van der Waals surface area (Å²) >= 11 is 0. The third kappa shape index (κ3) is 2.74. The lowest BCUT2D eigenvalue weighted by Gasteiger charge is -2.19. The molecular weight excluding hydrogens is 278 g/mol. The Bertz CT molecular complexity index is 570. The third-order valence-corrected chi connectivity index (χ3v) is 4.08. The lowest BCUT2D eigenvalue weighted by Crippen LogP contribution is -2.35. The summed E-state index contributed by atoms with van der Waals surface area (Å²) < 4.78 is 0. The molecule has 1 fully saturated rings. The molecule has 0 radical (unpaired) electrons. The number of nitrogens with zero attached hydrogens (tertiary/aromatic N) is 1. The Morgan fingerprint density at radius 1 is 1.35 bits per heavy atom. The Kier molecular flexibility index (Phi) is 4.50. The first-order valence-corrected chi connectivity index (χ1v) is 6.95. The van der Waals surface area contributed by atoms with Crippen LogP contribution in [0.15, 0.2) is 10.9 Å². The van der Waals surface area contributed by atoms with Crippen LogP contribution < -0.4 is 11.3 Å². The van der Waals surface area contributed by atoms with E-state index in [1.165, 1.54) is 0 Å². The molecule has 0 saturated carbocycles. The van der Waals surface area contributed by atoms with Crippen molar-refractivity contribution < 1.29 is 4.79 Å². The number of rotatable bonds is 1. The molecule has 2 aliphatic rings. The summed E-state index contributed by atoms with van der Waals surface area (Å²) in [5.41, 5.74) is 7.95. The second-order valence-corrected chi connectivity index (χ2v) is 5.52. The lowest BCUT2D eigenvalue weighted by atomic mass is 9.95. The fourth-order valence-electron chi connectivity index (χ4n) is 2.98. The van der Waals surface area contributed by atoms with Crippen molar-refractivity contribution in [1.29, 1.82) is 0 Å². The Morgan fingerprint density at radius 2 is 2.10 bits per heavy atom. The molecule has 1 aromatic rings. The summed E-state index contributed by atoms with van der Waals surface area (Å²) in [4.78, 5) is 28.9. The summed E-state index contributed by atoms with van der Waals surface area (Å²) in [6.07, 6.45) is 4.91. The Morgan fingerprint density at radius 3 is 2.80 bits per heavy atom. The van der Waals surface area contributed by atoms with E-state index in [-0.39, 0.29) is 35.5 Å².